The highest BCUT2D eigenvalue weighted by Crippen LogP contribution is 2.40. The molecular formula is C19H29Cl3N2O2S2. The third-order valence-electron chi connectivity index (χ3n) is 6.99. The maximum Gasteiger partial charge on any atom is 0.252 e. The van der Waals surface area contributed by atoms with Crippen LogP contribution in [0, 0.1) is 11.8 Å². The molecule has 160 valence electrons. The van der Waals surface area contributed by atoms with Crippen molar-refractivity contribution in [2.45, 2.75) is 67.7 Å². The molecule has 2 aliphatic carbocycles. The Bertz CT molecular complexity index is 767. The Labute approximate surface area is 189 Å². The molecule has 2 unspecified atom stereocenters. The molecule has 4 nitrogen and oxygen atoms in total. The molecule has 28 heavy (non-hydrogen) atoms. The Hall–Kier alpha value is 0.440. The molecular weight excluding hydrogens is 459 g/mol. The SMILES string of the molecule is CN([C@@H]1CC[C@H](N2CCC3CCCCC3C2)C1)S(=O)(=O)c1cc(Cl)c(Cl)s1.Cl. The molecule has 0 amide bonds. The Morgan fingerprint density at radius 3 is 2.50 bits per heavy atom. The van der Waals surface area contributed by atoms with E-state index in [-0.39, 0.29) is 22.7 Å². The number of halogens is 3. The number of nitrogens with zero attached hydrogens (tertiary/aromatic N) is 2. The maximum atomic E-state index is 13.0. The van der Waals surface area contributed by atoms with Gasteiger partial charge >= 0.3 is 0 Å². The zero-order valence-corrected chi connectivity index (χ0v) is 20.1. The molecule has 0 bridgehead atoms. The first-order valence-corrected chi connectivity index (χ1v) is 13.0. The molecule has 2 heterocycles. The zero-order chi connectivity index (χ0) is 19.2. The predicted octanol–water partition coefficient (Wildman–Crippen LogP) is 5.53. The molecule has 4 rings (SSSR count). The van der Waals surface area contributed by atoms with Crippen molar-refractivity contribution in [3.8, 4) is 0 Å². The molecule has 3 aliphatic rings. The van der Waals surface area contributed by atoms with Crippen LogP contribution in [0.1, 0.15) is 51.4 Å². The Morgan fingerprint density at radius 2 is 1.82 bits per heavy atom. The highest BCUT2D eigenvalue weighted by Gasteiger charge is 2.40. The van der Waals surface area contributed by atoms with Crippen molar-refractivity contribution in [3.63, 3.8) is 0 Å². The maximum absolute atomic E-state index is 13.0. The van der Waals surface area contributed by atoms with E-state index in [9.17, 15) is 8.42 Å². The molecule has 0 N–H and O–H groups in total. The van der Waals surface area contributed by atoms with Crippen LogP contribution in [0.3, 0.4) is 0 Å². The number of piperidine rings is 1. The van der Waals surface area contributed by atoms with Crippen LogP contribution in [0.25, 0.3) is 0 Å². The second-order valence-electron chi connectivity index (χ2n) is 8.42. The second kappa shape index (κ2) is 9.29. The minimum Gasteiger partial charge on any atom is -0.300 e. The van der Waals surface area contributed by atoms with E-state index in [1.54, 1.807) is 11.4 Å². The molecule has 2 saturated carbocycles. The lowest BCUT2D eigenvalue weighted by Crippen LogP contribution is -2.46. The lowest BCUT2D eigenvalue weighted by molar-refractivity contribution is 0.0571. The fraction of sp³-hybridized carbons (Fsp3) is 0.789. The van der Waals surface area contributed by atoms with Crippen LogP contribution in [0.5, 0.6) is 0 Å². The first-order valence-electron chi connectivity index (χ1n) is 10.0. The summed E-state index contributed by atoms with van der Waals surface area (Å²) in [6, 6.07) is 2.05. The van der Waals surface area contributed by atoms with Gasteiger partial charge in [0.2, 0.25) is 0 Å². The van der Waals surface area contributed by atoms with Crippen LogP contribution in [0.15, 0.2) is 10.3 Å². The third-order valence-corrected chi connectivity index (χ3v) is 11.2. The van der Waals surface area contributed by atoms with Crippen LogP contribution < -0.4 is 0 Å². The summed E-state index contributed by atoms with van der Waals surface area (Å²) >= 11 is 13.0. The molecule has 0 spiro atoms. The van der Waals surface area contributed by atoms with E-state index in [1.807, 2.05) is 0 Å². The van der Waals surface area contributed by atoms with Gasteiger partial charge in [-0.1, -0.05) is 42.5 Å². The van der Waals surface area contributed by atoms with Gasteiger partial charge in [0.1, 0.15) is 8.55 Å². The van der Waals surface area contributed by atoms with E-state index in [0.717, 1.165) is 42.4 Å². The van der Waals surface area contributed by atoms with Crippen LogP contribution in [0.2, 0.25) is 9.36 Å². The molecule has 1 aromatic heterocycles. The summed E-state index contributed by atoms with van der Waals surface area (Å²) in [6.07, 6.45) is 9.86. The summed E-state index contributed by atoms with van der Waals surface area (Å²) in [5.74, 6) is 1.80. The number of hydrogen-bond acceptors (Lipinski definition) is 4. The highest BCUT2D eigenvalue weighted by atomic mass is 35.5. The first kappa shape index (κ1) is 23.1. The van der Waals surface area contributed by atoms with Gasteiger partial charge in [-0.25, -0.2) is 8.42 Å². The molecule has 1 saturated heterocycles. The molecule has 3 fully saturated rings. The number of rotatable bonds is 4. The number of hydrogen-bond donors (Lipinski definition) is 0. The fourth-order valence-electron chi connectivity index (χ4n) is 5.35. The van der Waals surface area contributed by atoms with E-state index in [1.165, 1.54) is 51.3 Å². The number of thiophene rings is 1. The molecule has 0 radical (unpaired) electrons. The molecule has 1 aliphatic heterocycles. The third kappa shape index (κ3) is 4.53. The molecule has 0 aromatic carbocycles. The standard InChI is InChI=1S/C19H28Cl2N2O2S2.ClH/c1-22(27(24,25)18-11-17(20)19(21)26-18)15-6-7-16(10-15)23-9-8-13-4-2-3-5-14(13)12-23;/h11,13-16H,2-10,12H2,1H3;1H/t13?,14?,15-,16+;/m1./s1. The van der Waals surface area contributed by atoms with Crippen LogP contribution in [0.4, 0.5) is 0 Å². The summed E-state index contributed by atoms with van der Waals surface area (Å²) < 4.78 is 28.1. The molecule has 9 heteroatoms. The van der Waals surface area contributed by atoms with Crippen LogP contribution in [-0.2, 0) is 10.0 Å². The van der Waals surface area contributed by atoms with Gasteiger partial charge < -0.3 is 4.90 Å². The first-order chi connectivity index (χ1) is 12.9. The van der Waals surface area contributed by atoms with Crippen molar-refractivity contribution >= 4 is 57.0 Å². The Morgan fingerprint density at radius 1 is 1.11 bits per heavy atom. The summed E-state index contributed by atoms with van der Waals surface area (Å²) in [7, 11) is -1.83. The quantitative estimate of drug-likeness (QED) is 0.560. The van der Waals surface area contributed by atoms with Crippen LogP contribution >= 0.6 is 46.9 Å². The van der Waals surface area contributed by atoms with E-state index >= 15 is 0 Å². The van der Waals surface area contributed by atoms with E-state index in [0.29, 0.717) is 15.4 Å². The largest absolute Gasteiger partial charge is 0.300 e. The lowest BCUT2D eigenvalue weighted by Gasteiger charge is -2.43. The summed E-state index contributed by atoms with van der Waals surface area (Å²) in [5, 5.41) is 0.313. The fourth-order valence-corrected chi connectivity index (χ4v) is 8.81. The lowest BCUT2D eigenvalue weighted by atomic mass is 9.75. The highest BCUT2D eigenvalue weighted by molar-refractivity contribution is 7.91. The number of fused-ring (bicyclic) bond motifs is 1. The number of sulfonamides is 1. The van der Waals surface area contributed by atoms with E-state index < -0.39 is 10.0 Å². The van der Waals surface area contributed by atoms with Gasteiger partial charge in [0.05, 0.1) is 5.02 Å². The van der Waals surface area contributed by atoms with Crippen molar-refractivity contribution in [1.82, 2.24) is 9.21 Å². The predicted molar refractivity (Wildman–Crippen MR) is 120 cm³/mol. The van der Waals surface area contributed by atoms with Crippen molar-refractivity contribution in [3.05, 3.63) is 15.4 Å². The van der Waals surface area contributed by atoms with Gasteiger partial charge in [-0.05, 0) is 56.6 Å². The monoisotopic (exact) mass is 486 g/mol. The van der Waals surface area contributed by atoms with Crippen molar-refractivity contribution in [2.24, 2.45) is 11.8 Å². The van der Waals surface area contributed by atoms with Gasteiger partial charge in [0.25, 0.3) is 10.0 Å². The normalized spacial score (nSPS) is 31.6. The topological polar surface area (TPSA) is 40.6 Å². The zero-order valence-electron chi connectivity index (χ0n) is 16.1. The Kier molecular flexibility index (Phi) is 7.67. The van der Waals surface area contributed by atoms with Gasteiger partial charge in [0.15, 0.2) is 0 Å². The Balaban J connectivity index is 0.00000225. The van der Waals surface area contributed by atoms with E-state index in [4.69, 9.17) is 23.2 Å². The van der Waals surface area contributed by atoms with Crippen molar-refractivity contribution in [2.75, 3.05) is 20.1 Å². The van der Waals surface area contributed by atoms with Crippen molar-refractivity contribution in [1.29, 1.82) is 0 Å². The smallest absolute Gasteiger partial charge is 0.252 e. The average molecular weight is 488 g/mol. The van der Waals surface area contributed by atoms with Gasteiger partial charge in [0, 0.05) is 25.7 Å². The van der Waals surface area contributed by atoms with Gasteiger partial charge in [-0.3, -0.25) is 0 Å². The molecule has 1 aromatic rings. The minimum absolute atomic E-state index is 0. The summed E-state index contributed by atoms with van der Waals surface area (Å²) in [6.45, 7) is 2.40. The second-order valence-corrected chi connectivity index (χ2v) is 12.7. The van der Waals surface area contributed by atoms with Gasteiger partial charge in [-0.2, -0.15) is 4.31 Å². The van der Waals surface area contributed by atoms with Crippen LogP contribution in [-0.4, -0.2) is 49.8 Å². The van der Waals surface area contributed by atoms with Gasteiger partial charge in [-0.15, -0.1) is 23.7 Å². The van der Waals surface area contributed by atoms with Crippen molar-refractivity contribution < 1.29 is 8.42 Å². The van der Waals surface area contributed by atoms with E-state index in [2.05, 4.69) is 4.90 Å². The minimum atomic E-state index is -3.53. The molecule has 4 atom stereocenters. The summed E-state index contributed by atoms with van der Waals surface area (Å²) in [4.78, 5) is 2.66. The summed E-state index contributed by atoms with van der Waals surface area (Å²) in [5.41, 5.74) is 0. The average Bonchev–Trinajstić information content (AvgIpc) is 3.28. The number of likely N-dealkylation sites (tertiary alicyclic amines) is 1.